The molecule has 0 bridgehead atoms. The highest BCUT2D eigenvalue weighted by Gasteiger charge is 2.44. The van der Waals surface area contributed by atoms with Crippen LogP contribution in [0, 0.1) is 5.92 Å². The average molecular weight is 1170 g/mol. The fourth-order valence-electron chi connectivity index (χ4n) is 10.3. The molecule has 3 aliphatic rings. The van der Waals surface area contributed by atoms with Crippen molar-refractivity contribution in [1.29, 1.82) is 0 Å². The highest BCUT2D eigenvalue weighted by Crippen LogP contribution is 2.48. The smallest absolute Gasteiger partial charge is 0.251 e. The number of primary amides is 3. The molecule has 444 valence electrons. The molecule has 3 heterocycles. The maximum atomic E-state index is 15.5. The van der Waals surface area contributed by atoms with Crippen LogP contribution in [0.1, 0.15) is 102 Å². The fraction of sp³-hybridized carbons (Fsp3) is 0.519. The summed E-state index contributed by atoms with van der Waals surface area (Å²) < 4.78 is -0.761. The maximum Gasteiger partial charge on any atom is 0.251 e. The van der Waals surface area contributed by atoms with E-state index in [-0.39, 0.29) is 50.4 Å². The number of para-hydroxylation sites is 2. The Morgan fingerprint density at radius 3 is 2.17 bits per heavy atom. The Morgan fingerprint density at radius 2 is 1.48 bits per heavy atom. The molecule has 1 spiro atoms. The molecule has 1 unspecified atom stereocenters. The molecule has 8 atom stereocenters. The molecule has 6 rings (SSSR count). The molecule has 3 aromatic rings. The Hall–Kier alpha value is -7.88. The van der Waals surface area contributed by atoms with Gasteiger partial charge in [0.15, 0.2) is 5.96 Å². The number of rotatable bonds is 19. The minimum Gasteiger partial charge on any atom is -0.370 e. The van der Waals surface area contributed by atoms with E-state index in [1.54, 1.807) is 44.3 Å². The number of aromatic nitrogens is 1. The first-order valence-corrected chi connectivity index (χ1v) is 29.7. The molecule has 1 saturated carbocycles. The quantitative estimate of drug-likeness (QED) is 0.0294. The number of carbonyl (C=O) groups excluding carboxylic acids is 11. The third kappa shape index (κ3) is 17.6. The molecular weight excluding hydrogens is 1100 g/mol. The van der Waals surface area contributed by atoms with Crippen LogP contribution in [0.2, 0.25) is 0 Å². The molecule has 1 aromatic heterocycles. The number of hydrogen-bond donors (Lipinski definition) is 13. The van der Waals surface area contributed by atoms with Crippen molar-refractivity contribution in [3.05, 3.63) is 65.9 Å². The lowest BCUT2D eigenvalue weighted by atomic mass is 9.85. The van der Waals surface area contributed by atoms with Gasteiger partial charge in [-0.1, -0.05) is 97.5 Å². The number of benzene rings is 2. The topological polar surface area (TPSA) is 433 Å². The highest BCUT2D eigenvalue weighted by molar-refractivity contribution is 8.77. The van der Waals surface area contributed by atoms with Gasteiger partial charge in [0.05, 0.1) is 13.0 Å². The Labute approximate surface area is 482 Å². The monoisotopic (exact) mass is 1170 g/mol. The Kier molecular flexibility index (Phi) is 22.9. The highest BCUT2D eigenvalue weighted by atomic mass is 33.1. The van der Waals surface area contributed by atoms with Crippen LogP contribution in [0.15, 0.2) is 59.7 Å². The molecule has 0 radical (unpaired) electrons. The zero-order valence-corrected chi connectivity index (χ0v) is 47.6. The lowest BCUT2D eigenvalue weighted by Crippen LogP contribution is -2.61. The summed E-state index contributed by atoms with van der Waals surface area (Å²) in [4.78, 5) is 161. The molecule has 28 heteroatoms. The van der Waals surface area contributed by atoms with Crippen molar-refractivity contribution < 1.29 is 52.7 Å². The summed E-state index contributed by atoms with van der Waals surface area (Å²) >= 11 is 0. The van der Waals surface area contributed by atoms with Crippen LogP contribution < -0.4 is 70.8 Å². The first kappa shape index (κ1) is 63.3. The summed E-state index contributed by atoms with van der Waals surface area (Å²) in [7, 11) is 2.51. The predicted molar refractivity (Wildman–Crippen MR) is 309 cm³/mol. The van der Waals surface area contributed by atoms with Gasteiger partial charge in [-0.2, -0.15) is 0 Å². The fourth-order valence-corrected chi connectivity index (χ4v) is 13.6. The number of guanidine groups is 1. The van der Waals surface area contributed by atoms with Gasteiger partial charge in [-0.15, -0.1) is 0 Å². The minimum atomic E-state index is -1.79. The first-order chi connectivity index (χ1) is 39.1. The third-order valence-electron chi connectivity index (χ3n) is 14.8. The number of fused-ring (bicyclic) bond motifs is 2. The predicted octanol–water partition coefficient (Wildman–Crippen LogP) is -1.09. The second-order valence-corrected chi connectivity index (χ2v) is 23.8. The number of nitrogens with one attached hydrogen (secondary N) is 8. The molecule has 11 amide bonds. The van der Waals surface area contributed by atoms with Crippen LogP contribution in [0.4, 0.5) is 5.69 Å². The van der Waals surface area contributed by atoms with Gasteiger partial charge in [0.1, 0.15) is 42.3 Å². The lowest BCUT2D eigenvalue weighted by Gasteiger charge is -2.37. The van der Waals surface area contributed by atoms with E-state index in [2.05, 4.69) is 47.2 Å². The van der Waals surface area contributed by atoms with Crippen LogP contribution >= 0.6 is 21.6 Å². The number of anilines is 1. The van der Waals surface area contributed by atoms with E-state index in [0.717, 1.165) is 30.2 Å². The van der Waals surface area contributed by atoms with Gasteiger partial charge in [-0.05, 0) is 61.3 Å². The summed E-state index contributed by atoms with van der Waals surface area (Å²) in [5, 5.41) is 19.5. The number of nitrogens with two attached hydrogens (primary N) is 5. The second-order valence-electron chi connectivity index (χ2n) is 21.0. The molecule has 82 heavy (non-hydrogen) atoms. The van der Waals surface area contributed by atoms with Crippen LogP contribution in [-0.4, -0.2) is 142 Å². The van der Waals surface area contributed by atoms with Gasteiger partial charge in [0, 0.05) is 65.5 Å². The summed E-state index contributed by atoms with van der Waals surface area (Å²) in [6.07, 6.45) is 4.06. The van der Waals surface area contributed by atoms with Gasteiger partial charge in [-0.25, -0.2) is 0 Å². The molecule has 18 N–H and O–H groups in total. The van der Waals surface area contributed by atoms with Crippen molar-refractivity contribution in [1.82, 2.24) is 42.2 Å². The number of hydrogen-bond acceptors (Lipinski definition) is 14. The molecule has 2 aliphatic heterocycles. The molecule has 2 aromatic carbocycles. The summed E-state index contributed by atoms with van der Waals surface area (Å²) in [5.74, 6) is -10.2. The van der Waals surface area contributed by atoms with E-state index in [0.29, 0.717) is 36.1 Å². The van der Waals surface area contributed by atoms with Gasteiger partial charge in [-0.3, -0.25) is 62.6 Å². The van der Waals surface area contributed by atoms with Crippen LogP contribution in [-0.2, 0) is 65.6 Å². The van der Waals surface area contributed by atoms with Crippen molar-refractivity contribution >= 4 is 109 Å². The second kappa shape index (κ2) is 29.7. The zero-order valence-electron chi connectivity index (χ0n) is 45.9. The van der Waals surface area contributed by atoms with E-state index in [4.69, 9.17) is 28.7 Å². The zero-order chi connectivity index (χ0) is 59.7. The standard InChI is InChI=1S/C54H75N15O11S2/c1-3-29(2)45-51(79)65-35(17-18-41(55)70)47(75)66-37(24-42(56)71)48(76)67-38(28-81-82-54(19-9-4-10-20-54)25-44(73)63-36(49(77)68-45)22-31-26-61-33-14-7-6-13-32(31)33)52(80)69-39-16-8-5-12-30(39)23-40(69)50(78)64-34(15-11-21-60-53(58)59)46(74)62-27-43(57)72/h5-8,12-14,16,26,29,34-38,40,45,61H,3-4,9-11,15,17-25,27-28H2,1-2H3,(H2,55,70)(H2,56,71)(H2,57,72)(H,62,74)(H,63,73)(H,64,78)(H,65,79)(H,66,75)(H,67,76)(H,68,77)(H4,58,59,60)/t29-,34-,35?,36+,37-,38-,40-,45-/m0/s1. The van der Waals surface area contributed by atoms with Gasteiger partial charge in [0.25, 0.3) is 5.91 Å². The number of amides is 11. The number of H-pyrrole nitrogens is 1. The number of aliphatic imine (C=N–C) groups is 1. The number of carbonyl (C=O) groups is 11. The van der Waals surface area contributed by atoms with Gasteiger partial charge >= 0.3 is 0 Å². The molecule has 1 saturated heterocycles. The largest absolute Gasteiger partial charge is 0.370 e. The average Bonchev–Trinajstić information content (AvgIpc) is 3.73. The van der Waals surface area contributed by atoms with E-state index in [1.165, 1.54) is 26.5 Å². The van der Waals surface area contributed by atoms with Gasteiger partial charge in [0.2, 0.25) is 59.1 Å². The van der Waals surface area contributed by atoms with Crippen LogP contribution in [0.25, 0.3) is 10.9 Å². The minimum absolute atomic E-state index is 0.0104. The van der Waals surface area contributed by atoms with Crippen molar-refractivity contribution in [2.45, 2.75) is 151 Å². The molecular formula is C54H75N15O11S2. The van der Waals surface area contributed by atoms with Gasteiger partial charge < -0.3 is 70.9 Å². The Bertz CT molecular complexity index is 2890. The molecule has 26 nitrogen and oxygen atoms in total. The van der Waals surface area contributed by atoms with E-state index in [9.17, 15) is 47.9 Å². The Balaban J connectivity index is 1.40. The number of nitrogens with zero attached hydrogens (tertiary/aromatic N) is 2. The van der Waals surface area contributed by atoms with Crippen molar-refractivity contribution in [2.75, 3.05) is 23.7 Å². The number of aromatic amines is 1. The maximum absolute atomic E-state index is 15.5. The molecule has 1 aliphatic carbocycles. The molecule has 2 fully saturated rings. The van der Waals surface area contributed by atoms with Crippen LogP contribution in [0.5, 0.6) is 0 Å². The van der Waals surface area contributed by atoms with Crippen molar-refractivity contribution in [3.63, 3.8) is 0 Å². The van der Waals surface area contributed by atoms with E-state index in [1.807, 2.05) is 24.3 Å². The lowest BCUT2D eigenvalue weighted by molar-refractivity contribution is -0.136. The normalized spacial score (nSPS) is 22.6. The van der Waals surface area contributed by atoms with Crippen molar-refractivity contribution in [3.8, 4) is 0 Å². The van der Waals surface area contributed by atoms with Crippen LogP contribution in [0.3, 0.4) is 0 Å². The first-order valence-electron chi connectivity index (χ1n) is 27.3. The summed E-state index contributed by atoms with van der Waals surface area (Å²) in [6.45, 7) is 3.05. The third-order valence-corrected chi connectivity index (χ3v) is 18.1. The Morgan fingerprint density at radius 1 is 0.793 bits per heavy atom. The van der Waals surface area contributed by atoms with E-state index < -0.39 is 144 Å². The van der Waals surface area contributed by atoms with E-state index >= 15 is 4.79 Å². The summed E-state index contributed by atoms with van der Waals surface area (Å²) in [6, 6.07) is 4.07. The van der Waals surface area contributed by atoms with Crippen molar-refractivity contribution in [2.24, 2.45) is 39.6 Å². The summed E-state index contributed by atoms with van der Waals surface area (Å²) in [5.41, 5.74) is 29.8. The SMILES string of the molecule is CC[C@H](C)[C@@H]1NC(=O)[C@@H](Cc2c[nH]c3ccccc23)NC(=O)CC2(CCCCC2)SSC[C@@H](C(=O)N2c3ccccc3C[C@H]2C(=O)N[C@@H](CCCN=C(N)N)C(=O)NCC(N)=O)NC(=O)[C@H](CC(N)=O)NC(=O)C(CCC(N)=O)NC1=O.